The lowest BCUT2D eigenvalue weighted by Crippen LogP contribution is -2.50. The zero-order valence-electron chi connectivity index (χ0n) is 17.4. The Morgan fingerprint density at radius 3 is 2.19 bits per heavy atom. The molecule has 2 rings (SSSR count). The predicted molar refractivity (Wildman–Crippen MR) is 124 cm³/mol. The van der Waals surface area contributed by atoms with Crippen LogP contribution in [0.2, 0.25) is 15.1 Å². The summed E-state index contributed by atoms with van der Waals surface area (Å²) >= 11 is 18.2. The van der Waals surface area contributed by atoms with Crippen LogP contribution in [0.3, 0.4) is 0 Å². The van der Waals surface area contributed by atoms with E-state index in [1.807, 2.05) is 0 Å². The average Bonchev–Trinajstić information content (AvgIpc) is 2.72. The number of hydrogen-bond acceptors (Lipinski definition) is 4. The Morgan fingerprint density at radius 2 is 1.69 bits per heavy atom. The fourth-order valence-corrected chi connectivity index (χ4v) is 4.43. The number of sulfonamides is 1. The molecule has 0 radical (unpaired) electrons. The molecule has 174 valence electrons. The van der Waals surface area contributed by atoms with Crippen LogP contribution in [0.25, 0.3) is 0 Å². The number of hydrogen-bond donors (Lipinski definition) is 1. The minimum atomic E-state index is -3.96. The van der Waals surface area contributed by atoms with Crippen LogP contribution in [0.4, 0.5) is 10.1 Å². The van der Waals surface area contributed by atoms with Crippen LogP contribution >= 0.6 is 34.8 Å². The molecule has 0 aliphatic heterocycles. The maximum Gasteiger partial charge on any atom is 0.244 e. The molecular weight excluding hydrogens is 504 g/mol. The maximum absolute atomic E-state index is 13.6. The van der Waals surface area contributed by atoms with E-state index in [-0.39, 0.29) is 27.3 Å². The van der Waals surface area contributed by atoms with Crippen LogP contribution < -0.4 is 9.62 Å². The molecule has 1 unspecified atom stereocenters. The highest BCUT2D eigenvalue weighted by Crippen LogP contribution is 2.28. The van der Waals surface area contributed by atoms with Gasteiger partial charge in [-0.2, -0.15) is 0 Å². The first-order valence-electron chi connectivity index (χ1n) is 9.23. The molecule has 2 aromatic carbocycles. The Bertz CT molecular complexity index is 1110. The second kappa shape index (κ2) is 10.7. The SMILES string of the molecule is CNC(=O)C(C)N(Cc1c(Cl)cccc1Cl)C(=O)CN(c1ccc(F)c(Cl)c1)S(C)(=O)=O. The second-order valence-electron chi connectivity index (χ2n) is 6.88. The van der Waals surface area contributed by atoms with Crippen LogP contribution in [-0.4, -0.2) is 51.0 Å². The maximum atomic E-state index is 13.6. The number of nitrogens with zero attached hydrogens (tertiary/aromatic N) is 2. The van der Waals surface area contributed by atoms with Crippen LogP contribution in [0.5, 0.6) is 0 Å². The Balaban J connectivity index is 2.46. The lowest BCUT2D eigenvalue weighted by molar-refractivity contribution is -0.139. The third-order valence-electron chi connectivity index (χ3n) is 4.67. The highest BCUT2D eigenvalue weighted by Gasteiger charge is 2.30. The Labute approximate surface area is 201 Å². The van der Waals surface area contributed by atoms with Gasteiger partial charge in [-0.25, -0.2) is 12.8 Å². The van der Waals surface area contributed by atoms with Crippen LogP contribution in [-0.2, 0) is 26.2 Å². The first kappa shape index (κ1) is 26.2. The van der Waals surface area contributed by atoms with Crippen molar-refractivity contribution in [2.24, 2.45) is 0 Å². The molecular formula is C20H21Cl3FN3O4S. The van der Waals surface area contributed by atoms with Crippen LogP contribution in [0.1, 0.15) is 12.5 Å². The summed E-state index contributed by atoms with van der Waals surface area (Å²) < 4.78 is 39.2. The number of likely N-dealkylation sites (N-methyl/N-ethyl adjacent to an activating group) is 1. The fraction of sp³-hybridized carbons (Fsp3) is 0.300. The van der Waals surface area contributed by atoms with Crippen molar-refractivity contribution < 1.29 is 22.4 Å². The van der Waals surface area contributed by atoms with Gasteiger partial charge in [0, 0.05) is 29.2 Å². The van der Waals surface area contributed by atoms with Gasteiger partial charge in [-0.1, -0.05) is 40.9 Å². The molecule has 0 fully saturated rings. The molecule has 0 spiro atoms. The number of benzene rings is 2. The van der Waals surface area contributed by atoms with E-state index in [1.165, 1.54) is 20.0 Å². The molecule has 7 nitrogen and oxygen atoms in total. The minimum absolute atomic E-state index is 0.00410. The van der Waals surface area contributed by atoms with Crippen molar-refractivity contribution >= 4 is 62.3 Å². The molecule has 12 heteroatoms. The number of rotatable bonds is 8. The van der Waals surface area contributed by atoms with Crippen LogP contribution in [0.15, 0.2) is 36.4 Å². The highest BCUT2D eigenvalue weighted by atomic mass is 35.5. The van der Waals surface area contributed by atoms with Gasteiger partial charge in [0.1, 0.15) is 18.4 Å². The molecule has 0 heterocycles. The summed E-state index contributed by atoms with van der Waals surface area (Å²) in [5, 5.41) is 2.71. The first-order chi connectivity index (χ1) is 14.9. The van der Waals surface area contributed by atoms with Crippen molar-refractivity contribution in [2.75, 3.05) is 24.2 Å². The number of amides is 2. The summed E-state index contributed by atoms with van der Waals surface area (Å²) in [5.74, 6) is -1.92. The van der Waals surface area contributed by atoms with Gasteiger partial charge in [-0.3, -0.25) is 13.9 Å². The fourth-order valence-electron chi connectivity index (χ4n) is 2.90. The van der Waals surface area contributed by atoms with E-state index in [4.69, 9.17) is 34.8 Å². The smallest absolute Gasteiger partial charge is 0.244 e. The third kappa shape index (κ3) is 6.25. The van der Waals surface area contributed by atoms with E-state index < -0.39 is 40.2 Å². The summed E-state index contributed by atoms with van der Waals surface area (Å²) in [6.45, 7) is 0.679. The minimum Gasteiger partial charge on any atom is -0.357 e. The molecule has 2 amide bonds. The van der Waals surface area contributed by atoms with Crippen molar-refractivity contribution in [3.05, 3.63) is 62.8 Å². The first-order valence-corrected chi connectivity index (χ1v) is 12.2. The zero-order chi connectivity index (χ0) is 24.2. The number of carbonyl (C=O) groups excluding carboxylic acids is 2. The van der Waals surface area contributed by atoms with Gasteiger partial charge in [0.15, 0.2) is 0 Å². The lowest BCUT2D eigenvalue weighted by Gasteiger charge is -2.31. The molecule has 2 aromatic rings. The summed E-state index contributed by atoms with van der Waals surface area (Å²) in [6.07, 6.45) is 0.898. The van der Waals surface area contributed by atoms with Gasteiger partial charge in [-0.15, -0.1) is 0 Å². The van der Waals surface area contributed by atoms with E-state index in [0.29, 0.717) is 5.56 Å². The predicted octanol–water partition coefficient (Wildman–Crippen LogP) is 3.72. The number of carbonyl (C=O) groups is 2. The molecule has 0 aliphatic carbocycles. The topological polar surface area (TPSA) is 86.8 Å². The Kier molecular flexibility index (Phi) is 8.75. The van der Waals surface area contributed by atoms with Crippen molar-refractivity contribution in [1.82, 2.24) is 10.2 Å². The number of anilines is 1. The number of nitrogens with one attached hydrogen (secondary N) is 1. The summed E-state index contributed by atoms with van der Waals surface area (Å²) in [5.41, 5.74) is 0.395. The molecule has 32 heavy (non-hydrogen) atoms. The molecule has 1 atom stereocenters. The Morgan fingerprint density at radius 1 is 1.09 bits per heavy atom. The zero-order valence-corrected chi connectivity index (χ0v) is 20.5. The summed E-state index contributed by atoms with van der Waals surface area (Å²) in [4.78, 5) is 26.7. The third-order valence-corrected chi connectivity index (χ3v) is 6.81. The van der Waals surface area contributed by atoms with Crippen molar-refractivity contribution in [1.29, 1.82) is 0 Å². The normalized spacial score (nSPS) is 12.2. The largest absolute Gasteiger partial charge is 0.357 e. The van der Waals surface area contributed by atoms with E-state index >= 15 is 0 Å². The number of halogens is 4. The summed E-state index contributed by atoms with van der Waals surface area (Å²) in [6, 6.07) is 7.10. The molecule has 0 saturated carbocycles. The highest BCUT2D eigenvalue weighted by molar-refractivity contribution is 7.92. The van der Waals surface area contributed by atoms with Crippen molar-refractivity contribution in [3.63, 3.8) is 0 Å². The van der Waals surface area contributed by atoms with Gasteiger partial charge >= 0.3 is 0 Å². The van der Waals surface area contributed by atoms with Crippen molar-refractivity contribution in [2.45, 2.75) is 19.5 Å². The van der Waals surface area contributed by atoms with Gasteiger partial charge in [0.05, 0.1) is 17.0 Å². The molecule has 0 aromatic heterocycles. The monoisotopic (exact) mass is 523 g/mol. The van der Waals surface area contributed by atoms with E-state index in [9.17, 15) is 22.4 Å². The standard InChI is InChI=1S/C20H21Cl3FN3O4S/c1-12(20(29)25-2)26(10-14-15(21)5-4-6-16(14)22)19(28)11-27(32(3,30)31)13-7-8-18(24)17(23)9-13/h4-9,12H,10-11H2,1-3H3,(H,25,29). The van der Waals surface area contributed by atoms with Gasteiger partial charge in [0.2, 0.25) is 21.8 Å². The van der Waals surface area contributed by atoms with E-state index in [2.05, 4.69) is 5.32 Å². The van der Waals surface area contributed by atoms with E-state index in [0.717, 1.165) is 27.6 Å². The van der Waals surface area contributed by atoms with Gasteiger partial charge in [-0.05, 0) is 37.3 Å². The molecule has 0 saturated heterocycles. The van der Waals surface area contributed by atoms with Gasteiger partial charge in [0.25, 0.3) is 0 Å². The van der Waals surface area contributed by atoms with Gasteiger partial charge < -0.3 is 10.2 Å². The summed E-state index contributed by atoms with van der Waals surface area (Å²) in [7, 11) is -2.55. The van der Waals surface area contributed by atoms with Crippen molar-refractivity contribution in [3.8, 4) is 0 Å². The average molecular weight is 525 g/mol. The molecule has 0 aliphatic rings. The molecule has 1 N–H and O–H groups in total. The van der Waals surface area contributed by atoms with Crippen LogP contribution in [0, 0.1) is 5.82 Å². The Hall–Kier alpha value is -2.07. The second-order valence-corrected chi connectivity index (χ2v) is 10.0. The molecule has 0 bridgehead atoms. The van der Waals surface area contributed by atoms with E-state index in [1.54, 1.807) is 18.2 Å². The quantitative estimate of drug-likeness (QED) is 0.570. The lowest BCUT2D eigenvalue weighted by atomic mass is 10.1.